The number of nitrogens with one attached hydrogen (secondary N) is 2. The van der Waals surface area contributed by atoms with Gasteiger partial charge in [0, 0.05) is 48.0 Å². The van der Waals surface area contributed by atoms with Gasteiger partial charge in [-0.2, -0.15) is 5.10 Å². The zero-order valence-electron chi connectivity index (χ0n) is 25.3. The Morgan fingerprint density at radius 3 is 2.76 bits per heavy atom. The number of nitrogens with zero attached hydrogens (tertiary/aromatic N) is 7. The number of hydrogen-bond donors (Lipinski definition) is 2. The third kappa shape index (κ3) is 5.11. The van der Waals surface area contributed by atoms with Gasteiger partial charge in [0.15, 0.2) is 5.65 Å². The lowest BCUT2D eigenvalue weighted by molar-refractivity contribution is -0.111. The predicted octanol–water partition coefficient (Wildman–Crippen LogP) is 6.26. The minimum atomic E-state index is -0.225. The Bertz CT molecular complexity index is 2140. The van der Waals surface area contributed by atoms with Crippen LogP contribution in [0.15, 0.2) is 86.1 Å². The summed E-state index contributed by atoms with van der Waals surface area (Å²) in [5.74, 6) is 1.92. The van der Waals surface area contributed by atoms with E-state index in [9.17, 15) is 4.79 Å². The monoisotopic (exact) mass is 629 g/mol. The topological polar surface area (TPSA) is 113 Å². The molecule has 2 atom stereocenters. The van der Waals surface area contributed by atoms with Crippen molar-refractivity contribution in [1.82, 2.24) is 29.5 Å². The number of thiophene rings is 1. The van der Waals surface area contributed by atoms with Gasteiger partial charge in [0.25, 0.3) is 0 Å². The van der Waals surface area contributed by atoms with Crippen LogP contribution in [0.1, 0.15) is 12.0 Å². The minimum absolute atomic E-state index is 0.225. The summed E-state index contributed by atoms with van der Waals surface area (Å²) in [6, 6.07) is 19.1. The van der Waals surface area contributed by atoms with E-state index in [1.165, 1.54) is 12.4 Å². The molecule has 2 N–H and O–H groups in total. The molecule has 0 unspecified atom stereocenters. The molecule has 1 amide bonds. The smallest absolute Gasteiger partial charge is 0.247 e. The maximum absolute atomic E-state index is 12.4. The maximum Gasteiger partial charge on any atom is 0.247 e. The minimum Gasteiger partial charge on any atom is -0.457 e. The molecule has 2 saturated heterocycles. The Balaban J connectivity index is 1.06. The van der Waals surface area contributed by atoms with Crippen molar-refractivity contribution in [3.63, 3.8) is 0 Å². The Morgan fingerprint density at radius 2 is 1.96 bits per heavy atom. The molecule has 2 aliphatic heterocycles. The summed E-state index contributed by atoms with van der Waals surface area (Å²) in [6.07, 6.45) is 7.37. The fourth-order valence-electron chi connectivity index (χ4n) is 6.45. The van der Waals surface area contributed by atoms with Crippen LogP contribution in [-0.4, -0.2) is 67.6 Å². The molecule has 0 saturated carbocycles. The number of ether oxygens (including phenoxy) is 1. The predicted molar refractivity (Wildman–Crippen MR) is 181 cm³/mol. The van der Waals surface area contributed by atoms with Gasteiger partial charge < -0.3 is 20.3 Å². The van der Waals surface area contributed by atoms with Crippen molar-refractivity contribution >= 4 is 56.0 Å². The van der Waals surface area contributed by atoms with Gasteiger partial charge in [0.2, 0.25) is 5.91 Å². The van der Waals surface area contributed by atoms with E-state index >= 15 is 0 Å². The summed E-state index contributed by atoms with van der Waals surface area (Å²) in [5.41, 5.74) is 5.41. The second-order valence-electron chi connectivity index (χ2n) is 11.7. The third-order valence-electron chi connectivity index (χ3n) is 8.80. The summed E-state index contributed by atoms with van der Waals surface area (Å²) in [7, 11) is 2.19. The van der Waals surface area contributed by atoms with Crippen molar-refractivity contribution < 1.29 is 9.53 Å². The number of benzene rings is 2. The normalized spacial score (nSPS) is 17.6. The number of aryl methyl sites for hydroxylation is 1. The fraction of sp³-hybridized carbons (Fsp3) is 0.206. The lowest BCUT2D eigenvalue weighted by Gasteiger charge is -2.34. The molecule has 6 heterocycles. The van der Waals surface area contributed by atoms with Gasteiger partial charge in [0.1, 0.15) is 34.8 Å². The molecule has 230 valence electrons. The number of likely N-dealkylation sites (tertiary alicyclic amines) is 1. The van der Waals surface area contributed by atoms with Gasteiger partial charge >= 0.3 is 0 Å². The number of carbonyl (C=O) groups excluding carboxylic acids is 1. The molecule has 0 aliphatic carbocycles. The highest BCUT2D eigenvalue weighted by atomic mass is 32.1. The fourth-order valence-corrected chi connectivity index (χ4v) is 7.44. The second-order valence-corrected chi connectivity index (χ2v) is 12.8. The Labute approximate surface area is 269 Å². The van der Waals surface area contributed by atoms with Crippen LogP contribution >= 0.6 is 11.3 Å². The quantitative estimate of drug-likeness (QED) is 0.188. The molecular formula is C34H31N9O2S. The van der Waals surface area contributed by atoms with Gasteiger partial charge in [-0.3, -0.25) is 9.69 Å². The first kappa shape index (κ1) is 28.2. The number of amides is 1. The number of piperazine rings is 1. The summed E-state index contributed by atoms with van der Waals surface area (Å²) >= 11 is 1.59. The van der Waals surface area contributed by atoms with Crippen LogP contribution in [0.2, 0.25) is 0 Å². The number of anilines is 4. The molecule has 11 nitrogen and oxygen atoms in total. The van der Waals surface area contributed by atoms with E-state index in [0.717, 1.165) is 74.2 Å². The van der Waals surface area contributed by atoms with Crippen molar-refractivity contribution in [2.24, 2.45) is 0 Å². The standard InChI is InChI=1S/C34H31N9O2S/c1-4-32(44)40-27-12-21(5-7-28(27)42-17-23-13-24(42)16-41(23)3)30-15-26-33(36-18-37-34(26)46-30)39-22-6-8-29(20(2)11-22)45-25-9-10-43-31(14-25)35-19-38-43/h4-12,14-15,18-19,23-24H,1,13,16-17H2,2-3H3,(H,40,44)(H,36,37,39)/t23-,24-/m1/s1. The van der Waals surface area contributed by atoms with Crippen LogP contribution in [-0.2, 0) is 4.79 Å². The van der Waals surface area contributed by atoms with E-state index in [2.05, 4.69) is 78.4 Å². The van der Waals surface area contributed by atoms with E-state index in [0.29, 0.717) is 23.7 Å². The van der Waals surface area contributed by atoms with Crippen LogP contribution in [0.25, 0.3) is 26.3 Å². The molecule has 4 aromatic heterocycles. The van der Waals surface area contributed by atoms with Crippen molar-refractivity contribution in [2.75, 3.05) is 35.7 Å². The van der Waals surface area contributed by atoms with Crippen LogP contribution in [0, 0.1) is 6.92 Å². The molecule has 12 heteroatoms. The number of carbonyl (C=O) groups is 1. The zero-order valence-corrected chi connectivity index (χ0v) is 26.2. The van der Waals surface area contributed by atoms with E-state index in [1.54, 1.807) is 22.2 Å². The average Bonchev–Trinajstić information content (AvgIpc) is 3.86. The first-order chi connectivity index (χ1) is 22.4. The summed E-state index contributed by atoms with van der Waals surface area (Å²) in [4.78, 5) is 32.6. The molecule has 8 rings (SSSR count). The van der Waals surface area contributed by atoms with Crippen molar-refractivity contribution in [2.45, 2.75) is 25.4 Å². The number of likely N-dealkylation sites (N-methyl/N-ethyl adjacent to an activating group) is 1. The first-order valence-corrected chi connectivity index (χ1v) is 15.9. The first-order valence-electron chi connectivity index (χ1n) is 15.1. The number of hydrogen-bond acceptors (Lipinski definition) is 10. The van der Waals surface area contributed by atoms with Gasteiger partial charge in [-0.15, -0.1) is 11.3 Å². The summed E-state index contributed by atoms with van der Waals surface area (Å²) < 4.78 is 7.84. The Hall–Kier alpha value is -5.33. The SMILES string of the molecule is C=CC(=O)Nc1cc(-c2cc3c(Nc4ccc(Oc5ccn6ncnc6c5)c(C)c4)ncnc3s2)ccc1N1C[C@H]2C[C@@H]1CN2C. The number of fused-ring (bicyclic) bond motifs is 4. The van der Waals surface area contributed by atoms with Crippen LogP contribution in [0.5, 0.6) is 11.5 Å². The zero-order chi connectivity index (χ0) is 31.4. The molecule has 2 bridgehead atoms. The summed E-state index contributed by atoms with van der Waals surface area (Å²) in [5, 5.41) is 11.6. The third-order valence-corrected chi connectivity index (χ3v) is 9.89. The molecule has 2 aliphatic rings. The highest BCUT2D eigenvalue weighted by molar-refractivity contribution is 7.21. The van der Waals surface area contributed by atoms with Crippen LogP contribution in [0.4, 0.5) is 22.9 Å². The number of pyridine rings is 1. The van der Waals surface area contributed by atoms with E-state index in [-0.39, 0.29) is 5.91 Å². The van der Waals surface area contributed by atoms with Crippen LogP contribution in [0.3, 0.4) is 0 Å². The molecule has 2 aromatic carbocycles. The molecule has 6 aromatic rings. The molecule has 46 heavy (non-hydrogen) atoms. The van der Waals surface area contributed by atoms with Crippen molar-refractivity contribution in [3.05, 3.63) is 91.7 Å². The van der Waals surface area contributed by atoms with Gasteiger partial charge in [-0.25, -0.2) is 19.5 Å². The Kier molecular flexibility index (Phi) is 6.88. The second kappa shape index (κ2) is 11.2. The number of aromatic nitrogens is 5. The highest BCUT2D eigenvalue weighted by Gasteiger charge is 2.42. The van der Waals surface area contributed by atoms with E-state index < -0.39 is 0 Å². The van der Waals surface area contributed by atoms with Crippen molar-refractivity contribution in [3.8, 4) is 21.9 Å². The maximum atomic E-state index is 12.4. The highest BCUT2D eigenvalue weighted by Crippen LogP contribution is 2.42. The van der Waals surface area contributed by atoms with Crippen LogP contribution < -0.4 is 20.3 Å². The Morgan fingerprint density at radius 1 is 1.04 bits per heavy atom. The number of rotatable bonds is 8. The van der Waals surface area contributed by atoms with Gasteiger partial charge in [-0.1, -0.05) is 12.6 Å². The van der Waals surface area contributed by atoms with Gasteiger partial charge in [0.05, 0.1) is 16.8 Å². The molecular weight excluding hydrogens is 599 g/mol. The molecule has 0 radical (unpaired) electrons. The van der Waals surface area contributed by atoms with Crippen molar-refractivity contribution in [1.29, 1.82) is 0 Å². The van der Waals surface area contributed by atoms with E-state index in [1.807, 2.05) is 43.5 Å². The van der Waals surface area contributed by atoms with E-state index in [4.69, 9.17) is 4.74 Å². The molecule has 2 fully saturated rings. The molecule has 0 spiro atoms. The summed E-state index contributed by atoms with van der Waals surface area (Å²) in [6.45, 7) is 7.65. The lowest BCUT2D eigenvalue weighted by Crippen LogP contribution is -2.44. The lowest BCUT2D eigenvalue weighted by atomic mass is 10.1. The average molecular weight is 630 g/mol. The largest absolute Gasteiger partial charge is 0.457 e. The van der Waals surface area contributed by atoms with Gasteiger partial charge in [-0.05, 0) is 80.1 Å².